The highest BCUT2D eigenvalue weighted by molar-refractivity contribution is 7.97. The Hall–Kier alpha value is -2.38. The van der Waals surface area contributed by atoms with Crippen LogP contribution in [0.1, 0.15) is 50.5 Å². The molecule has 1 N–H and O–H groups in total. The molecular formula is C27H34N4O2S. The van der Waals surface area contributed by atoms with E-state index in [1.165, 1.54) is 43.2 Å². The van der Waals surface area contributed by atoms with Gasteiger partial charge in [0.25, 0.3) is 5.91 Å². The summed E-state index contributed by atoms with van der Waals surface area (Å²) in [6.07, 6.45) is 10.7. The van der Waals surface area contributed by atoms with Crippen LogP contribution in [0.2, 0.25) is 0 Å². The SMILES string of the molecule is COc1ccc(-c2ccccc2CCSN2CCC3(CC2)N=C(C2CCCCC2)NC3=O)cn1. The van der Waals surface area contributed by atoms with Gasteiger partial charge in [0.2, 0.25) is 5.88 Å². The lowest BCUT2D eigenvalue weighted by Crippen LogP contribution is -2.47. The summed E-state index contributed by atoms with van der Waals surface area (Å²) in [5.74, 6) is 3.22. The Balaban J connectivity index is 1.15. The fourth-order valence-electron chi connectivity index (χ4n) is 5.40. The van der Waals surface area contributed by atoms with Crippen molar-refractivity contribution in [3.8, 4) is 17.0 Å². The quantitative estimate of drug-likeness (QED) is 0.574. The molecule has 180 valence electrons. The normalized spacial score (nSPS) is 20.9. The molecule has 1 saturated heterocycles. The summed E-state index contributed by atoms with van der Waals surface area (Å²) in [5.41, 5.74) is 3.15. The molecule has 3 heterocycles. The van der Waals surface area contributed by atoms with E-state index in [2.05, 4.69) is 44.9 Å². The molecule has 0 unspecified atom stereocenters. The highest BCUT2D eigenvalue weighted by Gasteiger charge is 2.46. The topological polar surface area (TPSA) is 66.8 Å². The highest BCUT2D eigenvalue weighted by Crippen LogP contribution is 2.36. The molecule has 7 heteroatoms. The van der Waals surface area contributed by atoms with Crippen molar-refractivity contribution in [3.63, 3.8) is 0 Å². The van der Waals surface area contributed by atoms with Crippen LogP contribution >= 0.6 is 11.9 Å². The van der Waals surface area contributed by atoms with E-state index in [1.54, 1.807) is 7.11 Å². The van der Waals surface area contributed by atoms with Crippen LogP contribution in [0.5, 0.6) is 5.88 Å². The van der Waals surface area contributed by atoms with Gasteiger partial charge in [-0.2, -0.15) is 0 Å². The third-order valence-electron chi connectivity index (χ3n) is 7.46. The van der Waals surface area contributed by atoms with Gasteiger partial charge in [-0.05, 0) is 49.3 Å². The molecule has 3 aliphatic rings. The number of aryl methyl sites for hydroxylation is 1. The van der Waals surface area contributed by atoms with Crippen molar-refractivity contribution in [2.75, 3.05) is 26.0 Å². The van der Waals surface area contributed by atoms with Gasteiger partial charge in [0.05, 0.1) is 7.11 Å². The molecule has 0 atom stereocenters. The van der Waals surface area contributed by atoms with Crippen molar-refractivity contribution in [3.05, 3.63) is 48.2 Å². The number of carbonyl (C=O) groups is 1. The van der Waals surface area contributed by atoms with Crippen molar-refractivity contribution in [1.29, 1.82) is 0 Å². The number of nitrogens with zero attached hydrogens (tertiary/aromatic N) is 3. The van der Waals surface area contributed by atoms with E-state index < -0.39 is 5.54 Å². The van der Waals surface area contributed by atoms with Gasteiger partial charge >= 0.3 is 0 Å². The minimum absolute atomic E-state index is 0.139. The third-order valence-corrected chi connectivity index (χ3v) is 8.58. The summed E-state index contributed by atoms with van der Waals surface area (Å²) in [5, 5.41) is 3.17. The van der Waals surface area contributed by atoms with Crippen LogP contribution in [0, 0.1) is 5.92 Å². The Morgan fingerprint density at radius 3 is 2.65 bits per heavy atom. The lowest BCUT2D eigenvalue weighted by Gasteiger charge is -2.34. The number of hydrogen-bond acceptors (Lipinski definition) is 6. The van der Waals surface area contributed by atoms with Crippen LogP contribution in [0.4, 0.5) is 0 Å². The van der Waals surface area contributed by atoms with Crippen molar-refractivity contribution in [2.45, 2.75) is 56.9 Å². The number of pyridine rings is 1. The van der Waals surface area contributed by atoms with Crippen LogP contribution in [-0.4, -0.2) is 52.5 Å². The average Bonchev–Trinajstić information content (AvgIpc) is 3.21. The molecule has 1 spiro atoms. The Bertz CT molecular complexity index is 1030. The second-order valence-electron chi connectivity index (χ2n) is 9.58. The molecule has 0 radical (unpaired) electrons. The van der Waals surface area contributed by atoms with Crippen molar-refractivity contribution < 1.29 is 9.53 Å². The van der Waals surface area contributed by atoms with Crippen LogP contribution in [-0.2, 0) is 11.2 Å². The molecule has 34 heavy (non-hydrogen) atoms. The number of piperidine rings is 1. The number of benzene rings is 1. The molecule has 1 aliphatic carbocycles. The van der Waals surface area contributed by atoms with Crippen molar-refractivity contribution in [2.24, 2.45) is 10.9 Å². The third kappa shape index (κ3) is 5.01. The number of ether oxygens (including phenoxy) is 1. The molecular weight excluding hydrogens is 444 g/mol. The first-order valence-electron chi connectivity index (χ1n) is 12.5. The number of nitrogens with one attached hydrogen (secondary N) is 1. The van der Waals surface area contributed by atoms with Gasteiger partial charge in [-0.25, -0.2) is 4.98 Å². The number of carbonyl (C=O) groups excluding carboxylic acids is 1. The van der Waals surface area contributed by atoms with Crippen LogP contribution in [0.25, 0.3) is 11.1 Å². The van der Waals surface area contributed by atoms with Crippen molar-refractivity contribution >= 4 is 23.7 Å². The Morgan fingerprint density at radius 2 is 1.91 bits per heavy atom. The zero-order valence-electron chi connectivity index (χ0n) is 20.0. The first kappa shape index (κ1) is 23.4. The van der Waals surface area contributed by atoms with Crippen molar-refractivity contribution in [1.82, 2.24) is 14.6 Å². The van der Waals surface area contributed by atoms with Crippen LogP contribution in [0.15, 0.2) is 47.6 Å². The van der Waals surface area contributed by atoms with E-state index in [0.29, 0.717) is 11.8 Å². The molecule has 1 amide bonds. The fourth-order valence-corrected chi connectivity index (χ4v) is 6.41. The van der Waals surface area contributed by atoms with Gasteiger partial charge < -0.3 is 10.1 Å². The lowest BCUT2D eigenvalue weighted by molar-refractivity contribution is -0.124. The predicted octanol–water partition coefficient (Wildman–Crippen LogP) is 4.89. The number of hydrogen-bond donors (Lipinski definition) is 1. The minimum atomic E-state index is -0.516. The summed E-state index contributed by atoms with van der Waals surface area (Å²) >= 11 is 1.89. The minimum Gasteiger partial charge on any atom is -0.481 e. The highest BCUT2D eigenvalue weighted by atomic mass is 32.2. The number of amidine groups is 1. The van der Waals surface area contributed by atoms with Gasteiger partial charge in [-0.15, -0.1) is 0 Å². The molecule has 6 nitrogen and oxygen atoms in total. The van der Waals surface area contributed by atoms with E-state index in [4.69, 9.17) is 9.73 Å². The monoisotopic (exact) mass is 478 g/mol. The second-order valence-corrected chi connectivity index (χ2v) is 10.8. The maximum atomic E-state index is 12.9. The van der Waals surface area contributed by atoms with Crippen LogP contribution in [0.3, 0.4) is 0 Å². The molecule has 5 rings (SSSR count). The molecule has 2 aliphatic heterocycles. The number of amides is 1. The van der Waals surface area contributed by atoms with E-state index in [9.17, 15) is 4.79 Å². The number of aliphatic imine (C=N–C) groups is 1. The average molecular weight is 479 g/mol. The van der Waals surface area contributed by atoms with Gasteiger partial charge in [0.1, 0.15) is 11.4 Å². The zero-order valence-corrected chi connectivity index (χ0v) is 20.8. The Morgan fingerprint density at radius 1 is 1.12 bits per heavy atom. The smallest absolute Gasteiger partial charge is 0.253 e. The number of aromatic nitrogens is 1. The summed E-state index contributed by atoms with van der Waals surface area (Å²) in [7, 11) is 1.64. The second kappa shape index (κ2) is 10.5. The first-order valence-corrected chi connectivity index (χ1v) is 13.5. The number of rotatable bonds is 7. The fraction of sp³-hybridized carbons (Fsp3) is 0.519. The van der Waals surface area contributed by atoms with Gasteiger partial charge in [-0.3, -0.25) is 14.1 Å². The molecule has 0 bridgehead atoms. The summed E-state index contributed by atoms with van der Waals surface area (Å²) < 4.78 is 7.61. The molecule has 1 aromatic heterocycles. The maximum absolute atomic E-state index is 12.9. The van der Waals surface area contributed by atoms with Crippen LogP contribution < -0.4 is 10.1 Å². The Kier molecular flexibility index (Phi) is 7.21. The van der Waals surface area contributed by atoms with E-state index >= 15 is 0 Å². The molecule has 1 saturated carbocycles. The van der Waals surface area contributed by atoms with Gasteiger partial charge in [0.15, 0.2) is 0 Å². The van der Waals surface area contributed by atoms with Gasteiger partial charge in [-0.1, -0.05) is 55.5 Å². The van der Waals surface area contributed by atoms with E-state index in [0.717, 1.165) is 49.5 Å². The molecule has 2 aromatic rings. The number of methoxy groups -OCH3 is 1. The summed E-state index contributed by atoms with van der Waals surface area (Å²) in [6, 6.07) is 12.5. The largest absolute Gasteiger partial charge is 0.481 e. The van der Waals surface area contributed by atoms with E-state index in [1.807, 2.05) is 24.2 Å². The predicted molar refractivity (Wildman–Crippen MR) is 138 cm³/mol. The first-order chi connectivity index (χ1) is 16.7. The van der Waals surface area contributed by atoms with E-state index in [-0.39, 0.29) is 5.91 Å². The molecule has 2 fully saturated rings. The standard InChI is InChI=1S/C27H34N4O2S/c1-33-24-12-11-22(19-28-24)23-10-6-5-7-20(23)13-18-34-31-16-14-27(15-17-31)26(32)29-25(30-27)21-8-3-2-4-9-21/h5-7,10-12,19,21H,2-4,8-9,13-18H2,1H3,(H,29,30,32). The summed E-state index contributed by atoms with van der Waals surface area (Å²) in [4.78, 5) is 22.2. The summed E-state index contributed by atoms with van der Waals surface area (Å²) in [6.45, 7) is 1.81. The van der Waals surface area contributed by atoms with Gasteiger partial charge in [0, 0.05) is 42.6 Å². The molecule has 1 aromatic carbocycles. The Labute approximate surface area is 206 Å². The lowest BCUT2D eigenvalue weighted by atomic mass is 9.88. The zero-order chi connectivity index (χ0) is 23.4. The maximum Gasteiger partial charge on any atom is 0.253 e.